The Hall–Kier alpha value is -2.60. The number of aryl methyl sites for hydroxylation is 1. The van der Waals surface area contributed by atoms with E-state index in [0.29, 0.717) is 24.5 Å². The topological polar surface area (TPSA) is 44.8 Å². The van der Waals surface area contributed by atoms with E-state index in [9.17, 15) is 9.18 Å². The Morgan fingerprint density at radius 2 is 1.81 bits per heavy atom. The minimum absolute atomic E-state index is 0.115. The molecule has 0 aromatic heterocycles. The number of hydrogen-bond acceptors (Lipinski definition) is 3. The van der Waals surface area contributed by atoms with Gasteiger partial charge in [0.1, 0.15) is 11.6 Å². The first-order chi connectivity index (χ1) is 12.5. The molecule has 6 heteroatoms. The van der Waals surface area contributed by atoms with Crippen LogP contribution < -0.4 is 10.1 Å². The van der Waals surface area contributed by atoms with Crippen LogP contribution in [-0.2, 0) is 6.54 Å². The van der Waals surface area contributed by atoms with Crippen molar-refractivity contribution >= 4 is 11.7 Å². The van der Waals surface area contributed by atoms with Gasteiger partial charge >= 0.3 is 6.03 Å². The fraction of sp³-hybridized carbons (Fsp3) is 0.350. The summed E-state index contributed by atoms with van der Waals surface area (Å²) < 4.78 is 18.3. The highest BCUT2D eigenvalue weighted by Gasteiger charge is 2.22. The molecule has 2 amide bonds. The van der Waals surface area contributed by atoms with Gasteiger partial charge < -0.3 is 15.0 Å². The third-order valence-electron chi connectivity index (χ3n) is 4.58. The molecule has 2 aromatic rings. The molecule has 5 nitrogen and oxygen atoms in total. The van der Waals surface area contributed by atoms with Gasteiger partial charge in [0, 0.05) is 32.7 Å². The summed E-state index contributed by atoms with van der Waals surface area (Å²) in [5.74, 6) is 0.431. The Morgan fingerprint density at radius 1 is 1.12 bits per heavy atom. The fourth-order valence-corrected chi connectivity index (χ4v) is 3.07. The van der Waals surface area contributed by atoms with Crippen molar-refractivity contribution in [2.24, 2.45) is 0 Å². The Morgan fingerprint density at radius 3 is 2.46 bits per heavy atom. The van der Waals surface area contributed by atoms with E-state index in [4.69, 9.17) is 4.74 Å². The van der Waals surface area contributed by atoms with Gasteiger partial charge in [-0.05, 0) is 42.3 Å². The van der Waals surface area contributed by atoms with E-state index >= 15 is 0 Å². The zero-order valence-electron chi connectivity index (χ0n) is 15.2. The number of ether oxygens (including phenoxy) is 1. The Balaban J connectivity index is 1.53. The molecular weight excluding hydrogens is 333 g/mol. The molecule has 0 aliphatic carbocycles. The molecule has 1 aliphatic heterocycles. The average molecular weight is 357 g/mol. The second kappa shape index (κ2) is 8.19. The number of hydrogen-bond donors (Lipinski definition) is 1. The SMILES string of the molecule is COc1ccc(C)cc1NC(=O)N1CCN(Cc2ccc(F)cc2)CC1. The normalized spacial score (nSPS) is 15.0. The summed E-state index contributed by atoms with van der Waals surface area (Å²) in [6, 6.07) is 12.2. The number of nitrogens with zero attached hydrogens (tertiary/aromatic N) is 2. The van der Waals surface area contributed by atoms with Crippen LogP contribution in [0.25, 0.3) is 0 Å². The van der Waals surface area contributed by atoms with Gasteiger partial charge in [0.05, 0.1) is 12.8 Å². The monoisotopic (exact) mass is 357 g/mol. The van der Waals surface area contributed by atoms with E-state index in [1.165, 1.54) is 12.1 Å². The molecule has 138 valence electrons. The first kappa shape index (κ1) is 18.2. The summed E-state index contributed by atoms with van der Waals surface area (Å²) in [4.78, 5) is 16.6. The molecule has 2 aromatic carbocycles. The summed E-state index contributed by atoms with van der Waals surface area (Å²) in [6.07, 6.45) is 0. The van der Waals surface area contributed by atoms with Crippen LogP contribution in [0.5, 0.6) is 5.75 Å². The maximum Gasteiger partial charge on any atom is 0.322 e. The van der Waals surface area contributed by atoms with Crippen molar-refractivity contribution in [3.05, 3.63) is 59.4 Å². The van der Waals surface area contributed by atoms with E-state index in [0.717, 1.165) is 30.8 Å². The summed E-state index contributed by atoms with van der Waals surface area (Å²) in [6.45, 7) is 5.62. The molecule has 1 aliphatic rings. The number of benzene rings is 2. The number of rotatable bonds is 4. The molecule has 3 rings (SSSR count). The maximum atomic E-state index is 13.0. The second-order valence-corrected chi connectivity index (χ2v) is 6.52. The zero-order chi connectivity index (χ0) is 18.5. The van der Waals surface area contributed by atoms with Crippen LogP contribution in [0.4, 0.5) is 14.9 Å². The van der Waals surface area contributed by atoms with Crippen molar-refractivity contribution in [2.75, 3.05) is 38.6 Å². The summed E-state index contributed by atoms with van der Waals surface area (Å²) >= 11 is 0. The van der Waals surface area contributed by atoms with Crippen molar-refractivity contribution in [3.8, 4) is 5.75 Å². The lowest BCUT2D eigenvalue weighted by atomic mass is 10.2. The van der Waals surface area contributed by atoms with Gasteiger partial charge in [0.15, 0.2) is 0 Å². The number of amides is 2. The third-order valence-corrected chi connectivity index (χ3v) is 4.58. The zero-order valence-corrected chi connectivity index (χ0v) is 15.2. The van der Waals surface area contributed by atoms with Gasteiger partial charge in [-0.25, -0.2) is 9.18 Å². The van der Waals surface area contributed by atoms with Crippen LogP contribution in [0.3, 0.4) is 0 Å². The molecule has 1 fully saturated rings. The number of piperazine rings is 1. The van der Waals surface area contributed by atoms with Crippen molar-refractivity contribution in [2.45, 2.75) is 13.5 Å². The van der Waals surface area contributed by atoms with Gasteiger partial charge in [-0.3, -0.25) is 4.90 Å². The van der Waals surface area contributed by atoms with Crippen molar-refractivity contribution in [1.29, 1.82) is 0 Å². The predicted molar refractivity (Wildman–Crippen MR) is 100.0 cm³/mol. The molecule has 0 unspecified atom stereocenters. The molecule has 0 saturated carbocycles. The highest BCUT2D eigenvalue weighted by atomic mass is 19.1. The van der Waals surface area contributed by atoms with Crippen LogP contribution in [0.2, 0.25) is 0 Å². The average Bonchev–Trinajstić information content (AvgIpc) is 2.64. The highest BCUT2D eigenvalue weighted by Crippen LogP contribution is 2.25. The van der Waals surface area contributed by atoms with Crippen molar-refractivity contribution in [1.82, 2.24) is 9.80 Å². The molecule has 26 heavy (non-hydrogen) atoms. The van der Waals surface area contributed by atoms with Crippen LogP contribution in [-0.4, -0.2) is 49.1 Å². The van der Waals surface area contributed by atoms with Gasteiger partial charge in [-0.2, -0.15) is 0 Å². The largest absolute Gasteiger partial charge is 0.495 e. The summed E-state index contributed by atoms with van der Waals surface area (Å²) in [5, 5.41) is 2.94. The van der Waals surface area contributed by atoms with Crippen LogP contribution in [0.1, 0.15) is 11.1 Å². The van der Waals surface area contributed by atoms with Crippen molar-refractivity contribution in [3.63, 3.8) is 0 Å². The highest BCUT2D eigenvalue weighted by molar-refractivity contribution is 5.91. The first-order valence-corrected chi connectivity index (χ1v) is 8.72. The third kappa shape index (κ3) is 4.52. The van der Waals surface area contributed by atoms with Crippen LogP contribution in [0.15, 0.2) is 42.5 Å². The molecular formula is C20H24FN3O2. The van der Waals surface area contributed by atoms with E-state index < -0.39 is 0 Å². The minimum atomic E-state index is -0.221. The molecule has 0 bridgehead atoms. The number of carbonyl (C=O) groups is 1. The molecule has 0 atom stereocenters. The molecule has 0 radical (unpaired) electrons. The lowest BCUT2D eigenvalue weighted by Crippen LogP contribution is -2.49. The predicted octanol–water partition coefficient (Wildman–Crippen LogP) is 3.49. The molecule has 0 spiro atoms. The molecule has 1 N–H and O–H groups in total. The lowest BCUT2D eigenvalue weighted by Gasteiger charge is -2.34. The number of anilines is 1. The Kier molecular flexibility index (Phi) is 5.73. The smallest absolute Gasteiger partial charge is 0.322 e. The summed E-state index contributed by atoms with van der Waals surface area (Å²) in [5.41, 5.74) is 2.82. The minimum Gasteiger partial charge on any atom is -0.495 e. The summed E-state index contributed by atoms with van der Waals surface area (Å²) in [7, 11) is 1.59. The number of methoxy groups -OCH3 is 1. The van der Waals surface area contributed by atoms with E-state index in [1.54, 1.807) is 19.2 Å². The Bertz CT molecular complexity index is 756. The van der Waals surface area contributed by atoms with Gasteiger partial charge in [0.2, 0.25) is 0 Å². The van der Waals surface area contributed by atoms with E-state index in [-0.39, 0.29) is 11.8 Å². The van der Waals surface area contributed by atoms with Gasteiger partial charge in [0.25, 0.3) is 0 Å². The van der Waals surface area contributed by atoms with E-state index in [1.807, 2.05) is 30.0 Å². The second-order valence-electron chi connectivity index (χ2n) is 6.52. The number of carbonyl (C=O) groups excluding carboxylic acids is 1. The maximum absolute atomic E-state index is 13.0. The standard InChI is InChI=1S/C20H24FN3O2/c1-15-3-8-19(26-2)18(13-15)22-20(25)24-11-9-23(10-12-24)14-16-4-6-17(21)7-5-16/h3-8,13H,9-12,14H2,1-2H3,(H,22,25). The number of urea groups is 1. The number of nitrogens with one attached hydrogen (secondary N) is 1. The number of halogens is 1. The first-order valence-electron chi connectivity index (χ1n) is 8.72. The quantitative estimate of drug-likeness (QED) is 0.911. The molecule has 1 saturated heterocycles. The Labute approximate surface area is 153 Å². The van der Waals surface area contributed by atoms with Gasteiger partial charge in [-0.1, -0.05) is 18.2 Å². The lowest BCUT2D eigenvalue weighted by molar-refractivity contribution is 0.143. The van der Waals surface area contributed by atoms with Gasteiger partial charge in [-0.15, -0.1) is 0 Å². The van der Waals surface area contributed by atoms with Crippen LogP contribution >= 0.6 is 0 Å². The fourth-order valence-electron chi connectivity index (χ4n) is 3.07. The van der Waals surface area contributed by atoms with Crippen LogP contribution in [0, 0.1) is 12.7 Å². The van der Waals surface area contributed by atoms with E-state index in [2.05, 4.69) is 10.2 Å². The van der Waals surface area contributed by atoms with Crippen molar-refractivity contribution < 1.29 is 13.9 Å². The molecule has 1 heterocycles.